The minimum absolute atomic E-state index is 0.0557. The van der Waals surface area contributed by atoms with Gasteiger partial charge in [0.25, 0.3) is 0 Å². The van der Waals surface area contributed by atoms with E-state index in [0.717, 1.165) is 37.7 Å². The highest BCUT2D eigenvalue weighted by Gasteiger charge is 2.17. The molecule has 9 nitrogen and oxygen atoms in total. The third kappa shape index (κ3) is 8.23. The first-order valence-electron chi connectivity index (χ1n) is 14.9. The fourth-order valence-electron chi connectivity index (χ4n) is 5.16. The summed E-state index contributed by atoms with van der Waals surface area (Å²) in [6.07, 6.45) is 6.90. The van der Waals surface area contributed by atoms with E-state index in [9.17, 15) is 9.59 Å². The molecule has 44 heavy (non-hydrogen) atoms. The number of hydrogen-bond donors (Lipinski definition) is 2. The Labute approximate surface area is 256 Å². The minimum Gasteiger partial charge on any atom is -0.493 e. The minimum atomic E-state index is -0.886. The van der Waals surface area contributed by atoms with Gasteiger partial charge in [0.2, 0.25) is 0 Å². The lowest BCUT2D eigenvalue weighted by molar-refractivity contribution is -0.136. The van der Waals surface area contributed by atoms with Gasteiger partial charge in [0.1, 0.15) is 5.75 Å². The molecule has 0 radical (unpaired) electrons. The van der Waals surface area contributed by atoms with Crippen molar-refractivity contribution >= 4 is 28.4 Å². The number of piperidine rings is 1. The molecule has 0 aliphatic carbocycles. The van der Waals surface area contributed by atoms with E-state index in [1.807, 2.05) is 30.3 Å². The van der Waals surface area contributed by atoms with E-state index in [4.69, 9.17) is 14.2 Å². The summed E-state index contributed by atoms with van der Waals surface area (Å²) in [6.45, 7) is 4.15. The Balaban J connectivity index is 1.19. The highest BCUT2D eigenvalue weighted by atomic mass is 19.1. The molecule has 1 aliphatic rings. The van der Waals surface area contributed by atoms with Crippen LogP contribution in [0.3, 0.4) is 0 Å². The van der Waals surface area contributed by atoms with E-state index in [1.54, 1.807) is 31.5 Å². The number of amides is 2. The van der Waals surface area contributed by atoms with Crippen LogP contribution in [0.25, 0.3) is 10.9 Å². The number of halogens is 1. The smallest absolute Gasteiger partial charge is 0.313 e. The Hall–Kier alpha value is -4.70. The first kappa shape index (κ1) is 30.7. The van der Waals surface area contributed by atoms with Gasteiger partial charge in [-0.25, -0.2) is 4.39 Å². The van der Waals surface area contributed by atoms with Gasteiger partial charge < -0.3 is 29.7 Å². The second-order valence-electron chi connectivity index (χ2n) is 10.6. The summed E-state index contributed by atoms with van der Waals surface area (Å²) < 4.78 is 32.6. The average molecular weight is 601 g/mol. The van der Waals surface area contributed by atoms with Gasteiger partial charge in [-0.3, -0.25) is 14.6 Å². The van der Waals surface area contributed by atoms with Gasteiger partial charge in [-0.15, -0.1) is 0 Å². The summed E-state index contributed by atoms with van der Waals surface area (Å²) in [7, 11) is 1.56. The molecule has 2 N–H and O–H groups in total. The highest BCUT2D eigenvalue weighted by Crippen LogP contribution is 2.38. The largest absolute Gasteiger partial charge is 0.493 e. The Morgan fingerprint density at radius 1 is 0.909 bits per heavy atom. The number of pyridine rings is 1. The second-order valence-corrected chi connectivity index (χ2v) is 10.6. The Kier molecular flexibility index (Phi) is 10.6. The summed E-state index contributed by atoms with van der Waals surface area (Å²) in [4.78, 5) is 31.4. The Bertz CT molecular complexity index is 1580. The summed E-state index contributed by atoms with van der Waals surface area (Å²) >= 11 is 0. The lowest BCUT2D eigenvalue weighted by Gasteiger charge is -2.26. The van der Waals surface area contributed by atoms with Crippen LogP contribution in [0.4, 0.5) is 10.1 Å². The summed E-state index contributed by atoms with van der Waals surface area (Å²) in [6, 6.07) is 18.7. The van der Waals surface area contributed by atoms with Crippen molar-refractivity contribution in [2.45, 2.75) is 32.1 Å². The molecule has 1 saturated heterocycles. The first-order valence-corrected chi connectivity index (χ1v) is 14.9. The molecule has 10 heteroatoms. The summed E-state index contributed by atoms with van der Waals surface area (Å²) in [5.41, 5.74) is 1.77. The van der Waals surface area contributed by atoms with Crippen LogP contribution in [0.2, 0.25) is 0 Å². The van der Waals surface area contributed by atoms with Crippen LogP contribution < -0.4 is 24.8 Å². The first-order chi connectivity index (χ1) is 21.5. The standard InChI is InChI=1S/C34H37FN4O5/c1-42-31-22-26-28(23-32(31)43-20-8-19-39-17-6-3-7-18-39)36-16-14-29(26)44-30-12-11-25(21-27(30)35)38-34(41)33(40)37-15-13-24-9-4-2-5-10-24/h2,4-5,9-12,14,16,21-23H,3,6-8,13,15,17-20H2,1H3,(H,37,40)(H,38,41). The lowest BCUT2D eigenvalue weighted by atomic mass is 10.1. The molecule has 2 amide bonds. The zero-order valence-electron chi connectivity index (χ0n) is 24.8. The molecule has 0 atom stereocenters. The molecule has 1 aliphatic heterocycles. The predicted octanol–water partition coefficient (Wildman–Crippen LogP) is 5.73. The molecular formula is C34H37FN4O5. The Morgan fingerprint density at radius 3 is 2.50 bits per heavy atom. The molecule has 1 aromatic heterocycles. The fourth-order valence-corrected chi connectivity index (χ4v) is 5.16. The number of nitrogens with zero attached hydrogens (tertiary/aromatic N) is 2. The van der Waals surface area contributed by atoms with E-state index in [-0.39, 0.29) is 11.4 Å². The Morgan fingerprint density at radius 2 is 1.73 bits per heavy atom. The number of fused-ring (bicyclic) bond motifs is 1. The van der Waals surface area contributed by atoms with Gasteiger partial charge in [0.15, 0.2) is 23.1 Å². The van der Waals surface area contributed by atoms with Crippen LogP contribution in [0, 0.1) is 5.82 Å². The number of aromatic nitrogens is 1. The van der Waals surface area contributed by atoms with Crippen molar-refractivity contribution < 1.29 is 28.2 Å². The normalized spacial score (nSPS) is 13.3. The highest BCUT2D eigenvalue weighted by molar-refractivity contribution is 6.39. The van der Waals surface area contributed by atoms with Crippen molar-refractivity contribution in [3.63, 3.8) is 0 Å². The van der Waals surface area contributed by atoms with Crippen molar-refractivity contribution in [3.05, 3.63) is 84.3 Å². The van der Waals surface area contributed by atoms with Crippen LogP contribution in [0.15, 0.2) is 72.9 Å². The number of hydrogen-bond acceptors (Lipinski definition) is 7. The van der Waals surface area contributed by atoms with E-state index < -0.39 is 17.6 Å². The second kappa shape index (κ2) is 15.2. The zero-order valence-corrected chi connectivity index (χ0v) is 24.8. The third-order valence-electron chi connectivity index (χ3n) is 7.47. The zero-order chi connectivity index (χ0) is 30.7. The van der Waals surface area contributed by atoms with Gasteiger partial charge in [0.05, 0.1) is 19.2 Å². The maximum absolute atomic E-state index is 15.1. The topological polar surface area (TPSA) is 102 Å². The van der Waals surface area contributed by atoms with Crippen LogP contribution in [-0.4, -0.2) is 61.6 Å². The van der Waals surface area contributed by atoms with Crippen molar-refractivity contribution in [1.29, 1.82) is 0 Å². The van der Waals surface area contributed by atoms with Gasteiger partial charge in [-0.05, 0) is 68.6 Å². The maximum atomic E-state index is 15.1. The predicted molar refractivity (Wildman–Crippen MR) is 167 cm³/mol. The molecule has 3 aromatic carbocycles. The molecular weight excluding hydrogens is 563 g/mol. The number of carbonyl (C=O) groups is 2. The van der Waals surface area contributed by atoms with Crippen molar-refractivity contribution in [3.8, 4) is 23.0 Å². The lowest BCUT2D eigenvalue weighted by Crippen LogP contribution is -2.36. The van der Waals surface area contributed by atoms with E-state index in [0.29, 0.717) is 47.7 Å². The number of benzene rings is 3. The third-order valence-corrected chi connectivity index (χ3v) is 7.47. The number of methoxy groups -OCH3 is 1. The monoisotopic (exact) mass is 600 g/mol. The number of carbonyl (C=O) groups excluding carboxylic acids is 2. The quantitative estimate of drug-likeness (QED) is 0.158. The summed E-state index contributed by atoms with van der Waals surface area (Å²) in [5.74, 6) is -0.976. The van der Waals surface area contributed by atoms with Gasteiger partial charge in [-0.2, -0.15) is 0 Å². The van der Waals surface area contributed by atoms with Crippen molar-refractivity contribution in [2.24, 2.45) is 0 Å². The number of rotatable bonds is 12. The molecule has 0 bridgehead atoms. The molecule has 2 heterocycles. The van der Waals surface area contributed by atoms with Crippen molar-refractivity contribution in [2.75, 3.05) is 45.2 Å². The molecule has 230 valence electrons. The fraction of sp³-hybridized carbons (Fsp3) is 0.324. The van der Waals surface area contributed by atoms with Crippen LogP contribution >= 0.6 is 0 Å². The SMILES string of the molecule is COc1cc2c(Oc3ccc(NC(=O)C(=O)NCCc4ccccc4)cc3F)ccnc2cc1OCCCN1CCCCC1. The average Bonchev–Trinajstić information content (AvgIpc) is 3.05. The molecule has 0 spiro atoms. The van der Waals surface area contributed by atoms with E-state index in [2.05, 4.69) is 20.5 Å². The molecule has 0 unspecified atom stereocenters. The van der Waals surface area contributed by atoms with Crippen LogP contribution in [0.5, 0.6) is 23.0 Å². The van der Waals surface area contributed by atoms with Gasteiger partial charge in [0, 0.05) is 42.5 Å². The van der Waals surface area contributed by atoms with Crippen molar-refractivity contribution in [1.82, 2.24) is 15.2 Å². The molecule has 1 fully saturated rings. The number of ether oxygens (including phenoxy) is 3. The van der Waals surface area contributed by atoms with Crippen LogP contribution in [0.1, 0.15) is 31.2 Å². The molecule has 0 saturated carbocycles. The number of anilines is 1. The van der Waals surface area contributed by atoms with Gasteiger partial charge >= 0.3 is 11.8 Å². The maximum Gasteiger partial charge on any atom is 0.313 e. The molecule has 4 aromatic rings. The van der Waals surface area contributed by atoms with Crippen LogP contribution in [-0.2, 0) is 16.0 Å². The van der Waals surface area contributed by atoms with E-state index in [1.165, 1.54) is 31.4 Å². The number of likely N-dealkylation sites (tertiary alicyclic amines) is 1. The van der Waals surface area contributed by atoms with E-state index >= 15 is 4.39 Å². The van der Waals surface area contributed by atoms with Gasteiger partial charge in [-0.1, -0.05) is 36.8 Å². The summed E-state index contributed by atoms with van der Waals surface area (Å²) in [5, 5.41) is 5.61. The number of nitrogens with one attached hydrogen (secondary N) is 2. The molecule has 5 rings (SSSR count).